The summed E-state index contributed by atoms with van der Waals surface area (Å²) in [6.45, 7) is 9.47. The molecule has 0 aliphatic carbocycles. The Morgan fingerprint density at radius 1 is 1.44 bits per heavy atom. The Morgan fingerprint density at radius 2 is 2.00 bits per heavy atom. The van der Waals surface area contributed by atoms with Crippen molar-refractivity contribution < 1.29 is 14.3 Å². The van der Waals surface area contributed by atoms with Crippen LogP contribution < -0.4 is 5.32 Å². The number of amides is 1. The van der Waals surface area contributed by atoms with Crippen LogP contribution in [0.1, 0.15) is 47.5 Å². The van der Waals surface area contributed by atoms with Crippen molar-refractivity contribution in [2.24, 2.45) is 5.92 Å². The molecule has 0 aromatic carbocycles. The van der Waals surface area contributed by atoms with Gasteiger partial charge in [0.05, 0.1) is 6.04 Å². The van der Waals surface area contributed by atoms with Crippen LogP contribution in [0, 0.1) is 5.92 Å². The lowest BCUT2D eigenvalue weighted by molar-refractivity contribution is -0.110. The molecule has 94 valence electrons. The molecular formula is C12H23NO3. The highest BCUT2D eigenvalue weighted by Crippen LogP contribution is 2.10. The van der Waals surface area contributed by atoms with Crippen molar-refractivity contribution >= 4 is 12.4 Å². The first-order valence-corrected chi connectivity index (χ1v) is 5.73. The second-order valence-electron chi connectivity index (χ2n) is 5.14. The number of ether oxygens (including phenoxy) is 1. The molecule has 0 aromatic heterocycles. The number of nitrogens with one attached hydrogen (secondary N) is 1. The number of carbonyl (C=O) groups is 2. The number of aldehydes is 1. The summed E-state index contributed by atoms with van der Waals surface area (Å²) in [6.07, 6.45) is 1.86. The molecule has 0 heterocycles. The molecule has 0 saturated carbocycles. The minimum Gasteiger partial charge on any atom is -0.444 e. The van der Waals surface area contributed by atoms with E-state index in [0.29, 0.717) is 12.3 Å². The van der Waals surface area contributed by atoms with Gasteiger partial charge in [0.2, 0.25) is 0 Å². The van der Waals surface area contributed by atoms with Gasteiger partial charge in [0, 0.05) is 0 Å². The molecule has 0 aromatic rings. The molecule has 1 unspecified atom stereocenters. The Balaban J connectivity index is 4.12. The van der Waals surface area contributed by atoms with E-state index in [9.17, 15) is 9.59 Å². The highest BCUT2D eigenvalue weighted by molar-refractivity contribution is 5.73. The van der Waals surface area contributed by atoms with Crippen LogP contribution in [-0.2, 0) is 9.53 Å². The summed E-state index contributed by atoms with van der Waals surface area (Å²) in [5.41, 5.74) is -0.534. The van der Waals surface area contributed by atoms with Crippen molar-refractivity contribution in [3.05, 3.63) is 0 Å². The summed E-state index contributed by atoms with van der Waals surface area (Å²) in [5.74, 6) is 0.408. The maximum absolute atomic E-state index is 11.4. The number of hydrogen-bond acceptors (Lipinski definition) is 3. The van der Waals surface area contributed by atoms with Crippen molar-refractivity contribution in [2.45, 2.75) is 59.1 Å². The number of rotatable bonds is 5. The quantitative estimate of drug-likeness (QED) is 0.737. The van der Waals surface area contributed by atoms with Gasteiger partial charge in [-0.25, -0.2) is 4.79 Å². The Hall–Kier alpha value is -1.06. The van der Waals surface area contributed by atoms with E-state index >= 15 is 0 Å². The third-order valence-electron chi connectivity index (χ3n) is 2.22. The highest BCUT2D eigenvalue weighted by atomic mass is 16.6. The molecule has 0 saturated heterocycles. The summed E-state index contributed by atoms with van der Waals surface area (Å²) < 4.78 is 5.08. The Morgan fingerprint density at radius 3 is 2.38 bits per heavy atom. The van der Waals surface area contributed by atoms with E-state index in [1.807, 2.05) is 6.92 Å². The van der Waals surface area contributed by atoms with Crippen molar-refractivity contribution in [3.63, 3.8) is 0 Å². The number of alkyl carbamates (subject to hydrolysis) is 1. The van der Waals surface area contributed by atoms with Gasteiger partial charge in [-0.15, -0.1) is 0 Å². The zero-order valence-electron chi connectivity index (χ0n) is 10.9. The van der Waals surface area contributed by atoms with E-state index in [-0.39, 0.29) is 0 Å². The molecule has 4 nitrogen and oxygen atoms in total. The lowest BCUT2D eigenvalue weighted by atomic mass is 10.0. The lowest BCUT2D eigenvalue weighted by Crippen LogP contribution is -2.40. The summed E-state index contributed by atoms with van der Waals surface area (Å²) in [6, 6.07) is -0.454. The van der Waals surface area contributed by atoms with Crippen LogP contribution in [0.15, 0.2) is 0 Å². The van der Waals surface area contributed by atoms with Crippen LogP contribution in [0.3, 0.4) is 0 Å². The molecule has 1 N–H and O–H groups in total. The lowest BCUT2D eigenvalue weighted by Gasteiger charge is -2.22. The third kappa shape index (κ3) is 7.26. The summed E-state index contributed by atoms with van der Waals surface area (Å²) >= 11 is 0. The summed E-state index contributed by atoms with van der Waals surface area (Å²) in [5, 5.41) is 2.56. The molecular weight excluding hydrogens is 206 g/mol. The zero-order chi connectivity index (χ0) is 12.8. The molecule has 0 fully saturated rings. The van der Waals surface area contributed by atoms with Gasteiger partial charge in [-0.3, -0.25) is 0 Å². The monoisotopic (exact) mass is 229 g/mol. The highest BCUT2D eigenvalue weighted by Gasteiger charge is 2.19. The van der Waals surface area contributed by atoms with Crippen LogP contribution in [-0.4, -0.2) is 24.0 Å². The Kier molecular flexibility index (Phi) is 6.08. The minimum atomic E-state index is -0.534. The second kappa shape index (κ2) is 6.51. The molecule has 16 heavy (non-hydrogen) atoms. The van der Waals surface area contributed by atoms with E-state index in [1.54, 1.807) is 20.8 Å². The first kappa shape index (κ1) is 14.9. The van der Waals surface area contributed by atoms with Gasteiger partial charge < -0.3 is 14.8 Å². The fourth-order valence-electron chi connectivity index (χ4n) is 1.21. The maximum Gasteiger partial charge on any atom is 0.408 e. The predicted molar refractivity (Wildman–Crippen MR) is 63.3 cm³/mol. The normalized spacial score (nSPS) is 15.1. The van der Waals surface area contributed by atoms with Crippen LogP contribution in [0.5, 0.6) is 0 Å². The maximum atomic E-state index is 11.4. The second-order valence-corrected chi connectivity index (χ2v) is 5.14. The molecule has 0 rings (SSSR count). The molecule has 1 amide bonds. The zero-order valence-corrected chi connectivity index (χ0v) is 10.9. The molecule has 0 bridgehead atoms. The van der Waals surface area contributed by atoms with E-state index < -0.39 is 17.7 Å². The third-order valence-corrected chi connectivity index (χ3v) is 2.22. The number of hydrogen-bond donors (Lipinski definition) is 1. The van der Waals surface area contributed by atoms with Gasteiger partial charge in [-0.1, -0.05) is 20.3 Å². The van der Waals surface area contributed by atoms with E-state index in [2.05, 4.69) is 12.2 Å². The van der Waals surface area contributed by atoms with Crippen LogP contribution >= 0.6 is 0 Å². The van der Waals surface area contributed by atoms with Crippen LogP contribution in [0.25, 0.3) is 0 Å². The van der Waals surface area contributed by atoms with Crippen LogP contribution in [0.4, 0.5) is 4.79 Å². The smallest absolute Gasteiger partial charge is 0.408 e. The molecule has 0 aliphatic rings. The fraction of sp³-hybridized carbons (Fsp3) is 0.833. The van der Waals surface area contributed by atoms with E-state index in [4.69, 9.17) is 4.74 Å². The van der Waals surface area contributed by atoms with Gasteiger partial charge in [-0.2, -0.15) is 0 Å². The molecule has 4 heteroatoms. The topological polar surface area (TPSA) is 55.4 Å². The summed E-state index contributed by atoms with van der Waals surface area (Å²) in [7, 11) is 0. The van der Waals surface area contributed by atoms with Crippen molar-refractivity contribution in [1.82, 2.24) is 5.32 Å². The SMILES string of the molecule is CCC(C)C[C@@H](C=O)NC(=O)OC(C)(C)C. The average Bonchev–Trinajstić information content (AvgIpc) is 2.13. The van der Waals surface area contributed by atoms with Gasteiger partial charge >= 0.3 is 6.09 Å². The average molecular weight is 229 g/mol. The van der Waals surface area contributed by atoms with Crippen molar-refractivity contribution in [3.8, 4) is 0 Å². The Bertz CT molecular complexity index is 233. The van der Waals surface area contributed by atoms with Gasteiger partial charge in [0.25, 0.3) is 0 Å². The van der Waals surface area contributed by atoms with E-state index in [0.717, 1.165) is 12.7 Å². The van der Waals surface area contributed by atoms with Gasteiger partial charge in [0.1, 0.15) is 11.9 Å². The molecule has 0 radical (unpaired) electrons. The largest absolute Gasteiger partial charge is 0.444 e. The molecule has 0 aliphatic heterocycles. The predicted octanol–water partition coefficient (Wildman–Crippen LogP) is 2.51. The first-order chi connectivity index (χ1) is 7.28. The Labute approximate surface area is 97.7 Å². The summed E-state index contributed by atoms with van der Waals surface area (Å²) in [4.78, 5) is 22.2. The standard InChI is InChI=1S/C12H23NO3/c1-6-9(2)7-10(8-14)13-11(15)16-12(3,4)5/h8-10H,6-7H2,1-5H3,(H,13,15)/t9?,10-/m0/s1. The number of carbonyl (C=O) groups excluding carboxylic acids is 2. The van der Waals surface area contributed by atoms with Crippen LogP contribution in [0.2, 0.25) is 0 Å². The molecule has 2 atom stereocenters. The van der Waals surface area contributed by atoms with Crippen molar-refractivity contribution in [2.75, 3.05) is 0 Å². The first-order valence-electron chi connectivity index (χ1n) is 5.73. The fourth-order valence-corrected chi connectivity index (χ4v) is 1.21. The van der Waals surface area contributed by atoms with Gasteiger partial charge in [0.15, 0.2) is 0 Å². The van der Waals surface area contributed by atoms with E-state index in [1.165, 1.54) is 0 Å². The van der Waals surface area contributed by atoms with Crippen molar-refractivity contribution in [1.29, 1.82) is 0 Å². The minimum absolute atomic E-state index is 0.408. The van der Waals surface area contributed by atoms with Gasteiger partial charge in [-0.05, 0) is 33.1 Å². The molecule has 0 spiro atoms.